The predicted molar refractivity (Wildman–Crippen MR) is 80.9 cm³/mol. The van der Waals surface area contributed by atoms with Gasteiger partial charge in [-0.1, -0.05) is 0 Å². The highest BCUT2D eigenvalue weighted by molar-refractivity contribution is 5.88. The molecule has 0 aromatic rings. The van der Waals surface area contributed by atoms with E-state index in [1.54, 1.807) is 11.9 Å². The Morgan fingerprint density at radius 2 is 2.13 bits per heavy atom. The average molecular weight is 327 g/mol. The molecule has 0 unspecified atom stereocenters. The van der Waals surface area contributed by atoms with E-state index in [0.29, 0.717) is 13.0 Å². The van der Waals surface area contributed by atoms with Crippen LogP contribution in [0.2, 0.25) is 0 Å². The molecule has 3 saturated heterocycles. The van der Waals surface area contributed by atoms with Gasteiger partial charge in [0, 0.05) is 19.6 Å². The zero-order valence-electron chi connectivity index (χ0n) is 13.7. The van der Waals surface area contributed by atoms with Crippen LogP contribution in [0.1, 0.15) is 19.3 Å². The molecule has 3 fully saturated rings. The van der Waals surface area contributed by atoms with Crippen molar-refractivity contribution in [2.45, 2.75) is 37.5 Å². The number of fused-ring (bicyclic) bond motifs is 2. The molecule has 0 saturated carbocycles. The Balaban J connectivity index is 1.52. The second-order valence-corrected chi connectivity index (χ2v) is 6.39. The van der Waals surface area contributed by atoms with Crippen LogP contribution in [0.15, 0.2) is 0 Å². The van der Waals surface area contributed by atoms with Crippen LogP contribution in [0.5, 0.6) is 0 Å². The van der Waals surface area contributed by atoms with Crippen LogP contribution in [0.25, 0.3) is 0 Å². The summed E-state index contributed by atoms with van der Waals surface area (Å²) < 4.78 is 0. The number of carbonyl (C=O) groups is 2. The van der Waals surface area contributed by atoms with Gasteiger partial charge in [-0.25, -0.2) is 10.3 Å². The topological polar surface area (TPSA) is 86.4 Å². The zero-order valence-corrected chi connectivity index (χ0v) is 13.7. The van der Waals surface area contributed by atoms with Gasteiger partial charge in [-0.3, -0.25) is 19.8 Å². The molecule has 9 nitrogen and oxygen atoms in total. The third-order valence-corrected chi connectivity index (χ3v) is 4.65. The van der Waals surface area contributed by atoms with Gasteiger partial charge >= 0.3 is 6.03 Å². The number of nitrogens with one attached hydrogen (secondary N) is 2. The van der Waals surface area contributed by atoms with Gasteiger partial charge < -0.3 is 9.80 Å². The second kappa shape index (κ2) is 7.00. The van der Waals surface area contributed by atoms with E-state index in [1.807, 2.05) is 7.05 Å². The van der Waals surface area contributed by atoms with Gasteiger partial charge in [-0.2, -0.15) is 5.06 Å². The molecule has 3 atom stereocenters. The van der Waals surface area contributed by atoms with Gasteiger partial charge in [0.05, 0.1) is 12.1 Å². The molecule has 0 aliphatic carbocycles. The summed E-state index contributed by atoms with van der Waals surface area (Å²) in [5.41, 5.74) is 2.55. The lowest BCUT2D eigenvalue weighted by atomic mass is 10.0. The van der Waals surface area contributed by atoms with Gasteiger partial charge in [0.1, 0.15) is 12.8 Å². The summed E-state index contributed by atoms with van der Waals surface area (Å²) in [5, 5.41) is 4.23. The Bertz CT molecular complexity index is 462. The number of likely N-dealkylation sites (tertiary alicyclic amines) is 1. The molecule has 3 rings (SSSR count). The third-order valence-electron chi connectivity index (χ3n) is 4.65. The number of nitrogens with zero attached hydrogens (tertiary/aromatic N) is 3. The van der Waals surface area contributed by atoms with Crippen LogP contribution in [-0.2, 0) is 14.5 Å². The first-order chi connectivity index (χ1) is 11.1. The lowest BCUT2D eigenvalue weighted by molar-refractivity contribution is -0.143. The summed E-state index contributed by atoms with van der Waals surface area (Å²) in [6.07, 6.45) is 2.29. The van der Waals surface area contributed by atoms with Gasteiger partial charge in [-0.05, 0) is 33.4 Å². The molecule has 23 heavy (non-hydrogen) atoms. The van der Waals surface area contributed by atoms with Crippen molar-refractivity contribution in [3.63, 3.8) is 0 Å². The van der Waals surface area contributed by atoms with E-state index in [0.717, 1.165) is 25.9 Å². The van der Waals surface area contributed by atoms with Crippen LogP contribution in [0.3, 0.4) is 0 Å². The number of carbonyl (C=O) groups excluding carboxylic acids is 2. The summed E-state index contributed by atoms with van der Waals surface area (Å²) in [6, 6.07) is -0.714. The van der Waals surface area contributed by atoms with Gasteiger partial charge in [0.25, 0.3) is 5.91 Å². The smallest absolute Gasteiger partial charge is 0.309 e. The minimum Gasteiger partial charge on any atom is -0.309 e. The average Bonchev–Trinajstić information content (AvgIpc) is 3.06. The predicted octanol–water partition coefficient (Wildman–Crippen LogP) is -0.885. The molecule has 3 amide bonds. The maximum absolute atomic E-state index is 12.4. The third kappa shape index (κ3) is 3.42. The fourth-order valence-electron chi connectivity index (χ4n) is 3.40. The summed E-state index contributed by atoms with van der Waals surface area (Å²) in [6.45, 7) is 2.56. The van der Waals surface area contributed by atoms with Gasteiger partial charge in [0.15, 0.2) is 0 Å². The Kier molecular flexibility index (Phi) is 5.00. The largest absolute Gasteiger partial charge is 0.345 e. The van der Waals surface area contributed by atoms with E-state index in [-0.39, 0.29) is 30.8 Å². The van der Waals surface area contributed by atoms with Gasteiger partial charge in [0.2, 0.25) is 0 Å². The number of hydroxylamine groups is 3. The van der Waals surface area contributed by atoms with Crippen molar-refractivity contribution in [3.05, 3.63) is 0 Å². The van der Waals surface area contributed by atoms with Crippen molar-refractivity contribution in [1.82, 2.24) is 25.7 Å². The lowest BCUT2D eigenvalue weighted by Gasteiger charge is -2.29. The molecule has 3 aliphatic heterocycles. The highest BCUT2D eigenvalue weighted by Crippen LogP contribution is 2.30. The number of hydrogen-bond acceptors (Lipinski definition) is 6. The Hall–Kier alpha value is -1.42. The van der Waals surface area contributed by atoms with Crippen molar-refractivity contribution in [2.24, 2.45) is 0 Å². The van der Waals surface area contributed by atoms with Crippen LogP contribution < -0.4 is 10.8 Å². The fourth-order valence-corrected chi connectivity index (χ4v) is 3.40. The van der Waals surface area contributed by atoms with Crippen molar-refractivity contribution >= 4 is 11.9 Å². The summed E-state index contributed by atoms with van der Waals surface area (Å²) in [4.78, 5) is 39.4. The number of urea groups is 1. The number of rotatable bonds is 6. The minimum atomic E-state index is -0.485. The van der Waals surface area contributed by atoms with E-state index >= 15 is 0 Å². The number of piperidine rings is 1. The van der Waals surface area contributed by atoms with Crippen molar-refractivity contribution < 1.29 is 19.3 Å². The first-order valence-electron chi connectivity index (χ1n) is 8.11. The summed E-state index contributed by atoms with van der Waals surface area (Å²) in [5.74, 6) is -0.248. The maximum Gasteiger partial charge on any atom is 0.345 e. The monoisotopic (exact) mass is 327 g/mol. The normalized spacial score (nSPS) is 31.0. The Morgan fingerprint density at radius 3 is 2.83 bits per heavy atom. The number of amides is 3. The molecular weight excluding hydrogens is 302 g/mol. The lowest BCUT2D eigenvalue weighted by Crippen LogP contribution is -2.50. The molecule has 3 heterocycles. The number of likely N-dealkylation sites (N-methyl/N-ethyl adjacent to an activating group) is 1. The molecule has 0 spiro atoms. The van der Waals surface area contributed by atoms with E-state index in [1.165, 1.54) is 5.06 Å². The van der Waals surface area contributed by atoms with Crippen molar-refractivity contribution in [3.8, 4) is 0 Å². The molecule has 0 aromatic heterocycles. The van der Waals surface area contributed by atoms with E-state index in [2.05, 4.69) is 15.7 Å². The molecule has 0 aromatic carbocycles. The molecule has 9 heteroatoms. The van der Waals surface area contributed by atoms with Crippen molar-refractivity contribution in [2.75, 3.05) is 40.5 Å². The molecule has 3 aliphatic rings. The van der Waals surface area contributed by atoms with Crippen molar-refractivity contribution in [1.29, 1.82) is 0 Å². The van der Waals surface area contributed by atoms with Crippen LogP contribution in [-0.4, -0.2) is 85.4 Å². The SMILES string of the molecule is CNCON1C(=O)N2C[C@H]1CC[C@H]2C(=O)NO[C@H]1CCN(C)C1. The quantitative estimate of drug-likeness (QED) is 0.486. The summed E-state index contributed by atoms with van der Waals surface area (Å²) >= 11 is 0. The second-order valence-electron chi connectivity index (χ2n) is 6.39. The van der Waals surface area contributed by atoms with Gasteiger partial charge in [-0.15, -0.1) is 0 Å². The molecule has 2 N–H and O–H groups in total. The van der Waals surface area contributed by atoms with E-state index in [4.69, 9.17) is 9.68 Å². The Labute approximate surface area is 135 Å². The Morgan fingerprint density at radius 1 is 1.30 bits per heavy atom. The maximum atomic E-state index is 12.4. The molecule has 2 bridgehead atoms. The zero-order chi connectivity index (χ0) is 16.4. The first kappa shape index (κ1) is 16.4. The first-order valence-corrected chi connectivity index (χ1v) is 8.11. The van der Waals surface area contributed by atoms with Crippen LogP contribution in [0, 0.1) is 0 Å². The molecular formula is C14H25N5O4. The fraction of sp³-hybridized carbons (Fsp3) is 0.857. The number of hydrogen-bond donors (Lipinski definition) is 2. The molecule has 0 radical (unpaired) electrons. The highest BCUT2D eigenvalue weighted by atomic mass is 16.7. The summed E-state index contributed by atoms with van der Waals surface area (Å²) in [7, 11) is 3.77. The molecule has 130 valence electrons. The minimum absolute atomic E-state index is 0.0179. The van der Waals surface area contributed by atoms with Crippen LogP contribution in [0.4, 0.5) is 4.79 Å². The highest BCUT2D eigenvalue weighted by Gasteiger charge is 2.48. The van der Waals surface area contributed by atoms with Crippen LogP contribution >= 0.6 is 0 Å². The van der Waals surface area contributed by atoms with E-state index in [9.17, 15) is 9.59 Å². The van der Waals surface area contributed by atoms with E-state index < -0.39 is 6.04 Å². The standard InChI is InChI=1S/C14H25N5O4/c1-15-9-22-19-10-3-4-12(18(7-10)14(19)21)13(20)16-23-11-5-6-17(2)8-11/h10-12,15H,3-9H2,1-2H3,(H,16,20)/t10-,11+,12+/m1/s1.